The second-order valence-corrected chi connectivity index (χ2v) is 12.2. The Morgan fingerprint density at radius 3 is 2.42 bits per heavy atom. The highest BCUT2D eigenvalue weighted by Crippen LogP contribution is 2.57. The number of carboxylic acids is 1. The van der Waals surface area contributed by atoms with E-state index in [0.717, 1.165) is 11.1 Å². The smallest absolute Gasteiger partial charge is 0.304 e. The van der Waals surface area contributed by atoms with E-state index in [4.69, 9.17) is 4.74 Å². The number of ether oxygens (including phenoxy) is 1. The highest BCUT2D eigenvalue weighted by Gasteiger charge is 2.36. The first kappa shape index (κ1) is 27.9. The number of imide groups is 1. The average molecular weight is 565 g/mol. The van der Waals surface area contributed by atoms with Crippen molar-refractivity contribution in [3.8, 4) is 5.75 Å². The Morgan fingerprint density at radius 2 is 1.70 bits per heavy atom. The van der Waals surface area contributed by atoms with E-state index < -0.39 is 22.7 Å². The Kier molecular flexibility index (Phi) is 7.45. The van der Waals surface area contributed by atoms with Crippen molar-refractivity contribution in [3.63, 3.8) is 0 Å². The lowest BCUT2D eigenvalue weighted by molar-refractivity contribution is -0.137. The minimum absolute atomic E-state index is 0.201. The van der Waals surface area contributed by atoms with Crippen LogP contribution >= 0.6 is 10.8 Å². The zero-order chi connectivity index (χ0) is 28.8. The van der Waals surface area contributed by atoms with Crippen LogP contribution in [0.4, 0.5) is 0 Å². The second kappa shape index (κ2) is 10.7. The summed E-state index contributed by atoms with van der Waals surface area (Å²) < 4.78 is 30.2. The van der Waals surface area contributed by atoms with Crippen LogP contribution in [0, 0.1) is 6.92 Å². The van der Waals surface area contributed by atoms with Crippen molar-refractivity contribution in [2.75, 3.05) is 13.1 Å². The number of benzene rings is 3. The molecular formula is C30H32N2O7S. The van der Waals surface area contributed by atoms with Gasteiger partial charge >= 0.3 is 5.97 Å². The van der Waals surface area contributed by atoms with Crippen LogP contribution in [0.2, 0.25) is 0 Å². The van der Waals surface area contributed by atoms with Crippen LogP contribution in [0.5, 0.6) is 5.75 Å². The van der Waals surface area contributed by atoms with E-state index in [0.29, 0.717) is 27.3 Å². The number of rotatable bonds is 7. The summed E-state index contributed by atoms with van der Waals surface area (Å²) in [7, 11) is -3.36. The number of aryl methyl sites for hydroxylation is 1. The third-order valence-corrected chi connectivity index (χ3v) is 9.43. The van der Waals surface area contributed by atoms with Gasteiger partial charge in [-0.15, -0.1) is 10.8 Å². The quantitative estimate of drug-likeness (QED) is 0.320. The molecule has 0 bridgehead atoms. The maximum absolute atomic E-state index is 12.8. The molecule has 3 N–H and O–H groups in total. The molecule has 3 aromatic rings. The molecule has 0 radical (unpaired) electrons. The fourth-order valence-electron chi connectivity index (χ4n) is 5.40. The van der Waals surface area contributed by atoms with Gasteiger partial charge in [0.05, 0.1) is 24.1 Å². The monoisotopic (exact) mass is 564 g/mol. The first-order valence-corrected chi connectivity index (χ1v) is 14.6. The Balaban J connectivity index is 1.51. The zero-order valence-electron chi connectivity index (χ0n) is 22.5. The number of para-hydroxylation sites is 1. The minimum atomic E-state index is -3.36. The average Bonchev–Trinajstić information content (AvgIpc) is 3.10. The van der Waals surface area contributed by atoms with E-state index in [2.05, 4.69) is 0 Å². The van der Waals surface area contributed by atoms with Gasteiger partial charge in [0.1, 0.15) is 16.7 Å². The molecule has 2 heterocycles. The molecule has 210 valence electrons. The fourth-order valence-corrected chi connectivity index (χ4v) is 7.06. The van der Waals surface area contributed by atoms with Crippen molar-refractivity contribution in [1.29, 1.82) is 0 Å². The van der Waals surface area contributed by atoms with Crippen molar-refractivity contribution in [2.24, 2.45) is 0 Å². The number of fused-ring (bicyclic) bond motifs is 2. The number of amides is 2. The molecule has 2 atom stereocenters. The highest BCUT2D eigenvalue weighted by molar-refractivity contribution is 8.22. The number of carbonyl (C=O) groups excluding carboxylic acids is 2. The third-order valence-electron chi connectivity index (χ3n) is 7.51. The Labute approximate surface area is 234 Å². The molecule has 2 aliphatic rings. The van der Waals surface area contributed by atoms with Gasteiger partial charge in [0.2, 0.25) is 0 Å². The summed E-state index contributed by atoms with van der Waals surface area (Å²) in [6.07, 6.45) is -0.523. The van der Waals surface area contributed by atoms with E-state index >= 15 is 0 Å². The van der Waals surface area contributed by atoms with Gasteiger partial charge in [-0.1, -0.05) is 36.4 Å². The third kappa shape index (κ3) is 4.99. The largest absolute Gasteiger partial charge is 0.487 e. The predicted octanol–water partition coefficient (Wildman–Crippen LogP) is 5.53. The molecule has 10 heteroatoms. The summed E-state index contributed by atoms with van der Waals surface area (Å²) in [6, 6.07) is 17.5. The van der Waals surface area contributed by atoms with Gasteiger partial charge in [0.15, 0.2) is 0 Å². The van der Waals surface area contributed by atoms with E-state index in [1.54, 1.807) is 53.7 Å². The molecule has 2 aliphatic heterocycles. The topological polar surface area (TPSA) is 128 Å². The van der Waals surface area contributed by atoms with E-state index in [9.17, 15) is 28.6 Å². The summed E-state index contributed by atoms with van der Waals surface area (Å²) in [4.78, 5) is 38.8. The maximum Gasteiger partial charge on any atom is 0.304 e. The Hall–Kier alpha value is -3.70. The maximum atomic E-state index is 12.8. The van der Waals surface area contributed by atoms with Gasteiger partial charge < -0.3 is 9.84 Å². The number of hydrogen-bond acceptors (Lipinski definition) is 7. The van der Waals surface area contributed by atoms with Crippen LogP contribution < -0.4 is 4.74 Å². The molecule has 5 rings (SSSR count). The first-order valence-electron chi connectivity index (χ1n) is 13.1. The lowest BCUT2D eigenvalue weighted by Crippen LogP contribution is -2.33. The van der Waals surface area contributed by atoms with Crippen LogP contribution in [-0.4, -0.2) is 60.4 Å². The number of aliphatic carboxylic acids is 1. The van der Waals surface area contributed by atoms with Gasteiger partial charge in [-0.3, -0.25) is 28.4 Å². The van der Waals surface area contributed by atoms with Crippen molar-refractivity contribution in [3.05, 3.63) is 94.0 Å². The van der Waals surface area contributed by atoms with Crippen LogP contribution in [0.3, 0.4) is 0 Å². The zero-order valence-corrected chi connectivity index (χ0v) is 23.4. The van der Waals surface area contributed by atoms with E-state index in [1.165, 1.54) is 4.90 Å². The van der Waals surface area contributed by atoms with Gasteiger partial charge in [-0.25, -0.2) is 0 Å². The molecule has 1 unspecified atom stereocenters. The van der Waals surface area contributed by atoms with Gasteiger partial charge in [0.25, 0.3) is 11.8 Å². The van der Waals surface area contributed by atoms with E-state index in [1.807, 2.05) is 32.0 Å². The van der Waals surface area contributed by atoms with Crippen molar-refractivity contribution < 1.29 is 33.3 Å². The fraction of sp³-hybridized carbons (Fsp3) is 0.300. The van der Waals surface area contributed by atoms with Gasteiger partial charge in [-0.05, 0) is 67.3 Å². The molecule has 0 saturated heterocycles. The molecule has 0 fully saturated rings. The Morgan fingerprint density at radius 1 is 1.02 bits per heavy atom. The number of carbonyl (C=O) groups is 3. The van der Waals surface area contributed by atoms with Gasteiger partial charge in [-0.2, -0.15) is 4.31 Å². The van der Waals surface area contributed by atoms with Crippen molar-refractivity contribution in [2.45, 2.75) is 50.7 Å². The Bertz CT molecular complexity index is 1510. The highest BCUT2D eigenvalue weighted by atomic mass is 32.3. The summed E-state index contributed by atoms with van der Waals surface area (Å²) in [5, 5.41) is 9.77. The molecule has 0 spiro atoms. The first-order chi connectivity index (χ1) is 19.0. The van der Waals surface area contributed by atoms with Crippen LogP contribution in [-0.2, 0) is 11.3 Å². The van der Waals surface area contributed by atoms with Crippen molar-refractivity contribution in [1.82, 2.24) is 9.21 Å². The van der Waals surface area contributed by atoms with Gasteiger partial charge in [0, 0.05) is 19.0 Å². The van der Waals surface area contributed by atoms with E-state index in [-0.39, 0.29) is 49.5 Å². The molecule has 3 aromatic carbocycles. The SMILES string of the molecule is CCN1C(=O)c2ccc(C(CC(=O)O)c3ccc(C)c(CN4C[C@@H](C)Oc5ccccc5S4(O)O)c3)cc2C1=O. The second-order valence-electron chi connectivity index (χ2n) is 10.2. The molecular weight excluding hydrogens is 532 g/mol. The number of nitrogens with zero attached hydrogens (tertiary/aromatic N) is 2. The molecule has 0 aromatic heterocycles. The summed E-state index contributed by atoms with van der Waals surface area (Å²) in [5.41, 5.74) is 3.64. The number of hydrogen-bond donors (Lipinski definition) is 3. The van der Waals surface area contributed by atoms with Crippen molar-refractivity contribution >= 4 is 28.6 Å². The molecule has 2 amide bonds. The standard InChI is InChI=1S/C30H32N2O7S/c1-4-32-29(35)23-12-11-21(14-25(23)30(32)36)24(15-28(33)34)20-10-9-18(2)22(13-20)17-31-16-19(3)39-26-7-5-6-8-27(26)40(31,37)38/h5-14,19,24,37-38H,4,15-17H2,1-3H3,(H,33,34)/t19-,24?/m1/s1. The molecule has 0 aliphatic carbocycles. The van der Waals surface area contributed by atoms with Crippen LogP contribution in [0.15, 0.2) is 65.6 Å². The molecule has 9 nitrogen and oxygen atoms in total. The summed E-state index contributed by atoms with van der Waals surface area (Å²) in [5.74, 6) is -1.89. The molecule has 40 heavy (non-hydrogen) atoms. The van der Waals surface area contributed by atoms with Crippen LogP contribution in [0.25, 0.3) is 0 Å². The minimum Gasteiger partial charge on any atom is -0.487 e. The summed E-state index contributed by atoms with van der Waals surface area (Å²) in [6.45, 7) is 6.25. The normalized spacial score (nSPS) is 19.8. The molecule has 0 saturated carbocycles. The lowest BCUT2D eigenvalue weighted by atomic mass is 9.85. The van der Waals surface area contributed by atoms with Crippen LogP contribution in [0.1, 0.15) is 69.2 Å². The summed E-state index contributed by atoms with van der Waals surface area (Å²) >= 11 is 0. The predicted molar refractivity (Wildman–Crippen MR) is 151 cm³/mol. The number of carboxylic acid groups (broad SMARTS) is 1. The lowest BCUT2D eigenvalue weighted by Gasteiger charge is -2.42.